The first-order chi connectivity index (χ1) is 5.86. The summed E-state index contributed by atoms with van der Waals surface area (Å²) < 4.78 is 0. The van der Waals surface area contributed by atoms with Crippen molar-refractivity contribution in [1.82, 2.24) is 5.32 Å². The summed E-state index contributed by atoms with van der Waals surface area (Å²) in [4.78, 5) is 0. The largest absolute Gasteiger partial charge is 0.386 e. The quantitative estimate of drug-likeness (QED) is 0.678. The Hall–Kier alpha value is -0.460. The number of hydrogen-bond acceptors (Lipinski definition) is 1. The van der Waals surface area contributed by atoms with Crippen LogP contribution in [0.1, 0.15) is 44.9 Å². The van der Waals surface area contributed by atoms with Gasteiger partial charge in [-0.05, 0) is 31.6 Å². The number of hydrogen-bond donors (Lipinski definition) is 1. The van der Waals surface area contributed by atoms with Gasteiger partial charge in [0.1, 0.15) is 0 Å². The molecule has 2 aliphatic carbocycles. The van der Waals surface area contributed by atoms with Crippen LogP contribution in [0.4, 0.5) is 0 Å². The van der Waals surface area contributed by atoms with Gasteiger partial charge in [-0.25, -0.2) is 0 Å². The molecule has 2 aliphatic rings. The second kappa shape index (κ2) is 3.51. The van der Waals surface area contributed by atoms with Gasteiger partial charge < -0.3 is 5.32 Å². The van der Waals surface area contributed by atoms with E-state index < -0.39 is 0 Å². The topological polar surface area (TPSA) is 12.0 Å². The summed E-state index contributed by atoms with van der Waals surface area (Å²) in [6, 6.07) is 0.791. The van der Waals surface area contributed by atoms with Gasteiger partial charge in [0.25, 0.3) is 0 Å². The summed E-state index contributed by atoms with van der Waals surface area (Å²) in [5, 5.41) is 3.53. The van der Waals surface area contributed by atoms with E-state index in [9.17, 15) is 0 Å². The minimum absolute atomic E-state index is 0.791. The Labute approximate surface area is 75.2 Å². The van der Waals surface area contributed by atoms with Gasteiger partial charge in [0.05, 0.1) is 0 Å². The molecule has 0 bridgehead atoms. The van der Waals surface area contributed by atoms with Crippen LogP contribution in [-0.2, 0) is 0 Å². The highest BCUT2D eigenvalue weighted by molar-refractivity contribution is 5.03. The Balaban J connectivity index is 1.76. The van der Waals surface area contributed by atoms with Gasteiger partial charge in [-0.2, -0.15) is 0 Å². The van der Waals surface area contributed by atoms with E-state index in [4.69, 9.17) is 0 Å². The monoisotopic (exact) mass is 165 g/mol. The van der Waals surface area contributed by atoms with Crippen LogP contribution in [0.25, 0.3) is 0 Å². The molecule has 0 saturated heterocycles. The van der Waals surface area contributed by atoms with Crippen LogP contribution in [0.3, 0.4) is 0 Å². The smallest absolute Gasteiger partial charge is 0.0259 e. The van der Waals surface area contributed by atoms with Crippen molar-refractivity contribution in [3.05, 3.63) is 12.3 Å². The van der Waals surface area contributed by atoms with Crippen molar-refractivity contribution < 1.29 is 0 Å². The lowest BCUT2D eigenvalue weighted by Crippen LogP contribution is -2.22. The maximum Gasteiger partial charge on any atom is 0.0259 e. The van der Waals surface area contributed by atoms with E-state index in [-0.39, 0.29) is 0 Å². The fourth-order valence-electron chi connectivity index (χ4n) is 2.06. The van der Waals surface area contributed by atoms with Crippen LogP contribution < -0.4 is 5.32 Å². The predicted octanol–water partition coefficient (Wildman–Crippen LogP) is 2.83. The van der Waals surface area contributed by atoms with E-state index in [0.29, 0.717) is 0 Å². The Morgan fingerprint density at radius 2 is 1.67 bits per heavy atom. The molecule has 0 aromatic carbocycles. The Morgan fingerprint density at radius 3 is 2.25 bits per heavy atom. The summed E-state index contributed by atoms with van der Waals surface area (Å²) in [6.07, 6.45) is 9.74. The molecule has 2 fully saturated rings. The lowest BCUT2D eigenvalue weighted by atomic mass is 9.87. The summed E-state index contributed by atoms with van der Waals surface area (Å²) >= 11 is 0. The fourth-order valence-corrected chi connectivity index (χ4v) is 2.06. The predicted molar refractivity (Wildman–Crippen MR) is 51.9 cm³/mol. The van der Waals surface area contributed by atoms with Crippen molar-refractivity contribution in [3.63, 3.8) is 0 Å². The second-order valence-corrected chi connectivity index (χ2v) is 4.28. The van der Waals surface area contributed by atoms with Crippen molar-refractivity contribution >= 4 is 0 Å². The Kier molecular flexibility index (Phi) is 2.38. The van der Waals surface area contributed by atoms with E-state index in [1.54, 1.807) is 0 Å². The van der Waals surface area contributed by atoms with E-state index in [1.807, 2.05) is 0 Å². The van der Waals surface area contributed by atoms with E-state index in [0.717, 1.165) is 12.0 Å². The Bertz CT molecular complexity index is 164. The molecule has 12 heavy (non-hydrogen) atoms. The molecular weight excluding hydrogens is 146 g/mol. The maximum absolute atomic E-state index is 4.15. The first-order valence-corrected chi connectivity index (χ1v) is 5.31. The fraction of sp³-hybridized carbons (Fsp3) is 0.818. The minimum Gasteiger partial charge on any atom is -0.386 e. The summed E-state index contributed by atoms with van der Waals surface area (Å²) in [5.41, 5.74) is 1.33. The van der Waals surface area contributed by atoms with Gasteiger partial charge in [0, 0.05) is 11.7 Å². The van der Waals surface area contributed by atoms with Gasteiger partial charge >= 0.3 is 0 Å². The first kappa shape index (κ1) is 8.15. The third-order valence-electron chi connectivity index (χ3n) is 3.06. The number of rotatable bonds is 3. The lowest BCUT2D eigenvalue weighted by molar-refractivity contribution is 0.386. The van der Waals surface area contributed by atoms with Crippen LogP contribution in [0.15, 0.2) is 12.3 Å². The van der Waals surface area contributed by atoms with E-state index in [2.05, 4.69) is 11.9 Å². The SMILES string of the molecule is C=C(NC1CC1)C1CCCCC1. The molecule has 0 atom stereocenters. The molecule has 0 radical (unpaired) electrons. The summed E-state index contributed by atoms with van der Waals surface area (Å²) in [6.45, 7) is 4.15. The third kappa shape index (κ3) is 2.02. The third-order valence-corrected chi connectivity index (χ3v) is 3.06. The molecule has 2 rings (SSSR count). The van der Waals surface area contributed by atoms with E-state index in [1.165, 1.54) is 50.6 Å². The maximum atomic E-state index is 4.15. The molecule has 2 saturated carbocycles. The zero-order valence-electron chi connectivity index (χ0n) is 7.81. The molecule has 0 aromatic heterocycles. The molecule has 0 unspecified atom stereocenters. The number of allylic oxidation sites excluding steroid dienone is 1. The van der Waals surface area contributed by atoms with Gasteiger partial charge in [-0.3, -0.25) is 0 Å². The molecule has 0 aromatic rings. The molecule has 1 N–H and O–H groups in total. The summed E-state index contributed by atoms with van der Waals surface area (Å²) in [5.74, 6) is 0.791. The molecule has 1 nitrogen and oxygen atoms in total. The molecular formula is C11H19N. The van der Waals surface area contributed by atoms with Gasteiger partial charge in [0.2, 0.25) is 0 Å². The average molecular weight is 165 g/mol. The van der Waals surface area contributed by atoms with Crippen LogP contribution >= 0.6 is 0 Å². The van der Waals surface area contributed by atoms with Crippen molar-refractivity contribution in [2.24, 2.45) is 5.92 Å². The molecule has 0 amide bonds. The van der Waals surface area contributed by atoms with E-state index >= 15 is 0 Å². The first-order valence-electron chi connectivity index (χ1n) is 5.31. The van der Waals surface area contributed by atoms with Crippen LogP contribution in [0.5, 0.6) is 0 Å². The van der Waals surface area contributed by atoms with Crippen molar-refractivity contribution in [2.75, 3.05) is 0 Å². The van der Waals surface area contributed by atoms with Crippen LogP contribution in [-0.4, -0.2) is 6.04 Å². The van der Waals surface area contributed by atoms with Gasteiger partial charge in [-0.15, -0.1) is 0 Å². The normalized spacial score (nSPS) is 25.3. The highest BCUT2D eigenvalue weighted by atomic mass is 15.0. The lowest BCUT2D eigenvalue weighted by Gasteiger charge is -2.24. The van der Waals surface area contributed by atoms with Crippen LogP contribution in [0.2, 0.25) is 0 Å². The van der Waals surface area contributed by atoms with Gasteiger partial charge in [-0.1, -0.05) is 25.8 Å². The second-order valence-electron chi connectivity index (χ2n) is 4.28. The minimum atomic E-state index is 0.791. The average Bonchev–Trinajstić information content (AvgIpc) is 2.90. The molecule has 1 heteroatoms. The zero-order valence-corrected chi connectivity index (χ0v) is 7.81. The molecule has 68 valence electrons. The number of nitrogens with one attached hydrogen (secondary N) is 1. The van der Waals surface area contributed by atoms with Crippen molar-refractivity contribution in [2.45, 2.75) is 51.0 Å². The van der Waals surface area contributed by atoms with Crippen molar-refractivity contribution in [1.29, 1.82) is 0 Å². The standard InChI is InChI=1S/C11H19N/c1-9(12-11-7-8-11)10-5-3-2-4-6-10/h10-12H,1-8H2. The molecule has 0 spiro atoms. The zero-order chi connectivity index (χ0) is 8.39. The summed E-state index contributed by atoms with van der Waals surface area (Å²) in [7, 11) is 0. The highest BCUT2D eigenvalue weighted by Gasteiger charge is 2.24. The highest BCUT2D eigenvalue weighted by Crippen LogP contribution is 2.30. The molecule has 0 heterocycles. The van der Waals surface area contributed by atoms with Crippen molar-refractivity contribution in [3.8, 4) is 0 Å². The Morgan fingerprint density at radius 1 is 1.00 bits per heavy atom. The van der Waals surface area contributed by atoms with Crippen LogP contribution in [0, 0.1) is 5.92 Å². The van der Waals surface area contributed by atoms with Gasteiger partial charge in [0.15, 0.2) is 0 Å². The molecule has 0 aliphatic heterocycles.